The van der Waals surface area contributed by atoms with E-state index in [0.717, 1.165) is 39.9 Å². The molecule has 0 aliphatic rings. The molecule has 0 heterocycles. The molecule has 558 valence electrons. The van der Waals surface area contributed by atoms with Crippen LogP contribution in [0.4, 0.5) is 0 Å². The van der Waals surface area contributed by atoms with E-state index in [1.165, 1.54) is 55.3 Å². The third kappa shape index (κ3) is 52.3. The summed E-state index contributed by atoms with van der Waals surface area (Å²) in [7, 11) is 8.41. The van der Waals surface area contributed by atoms with Gasteiger partial charge in [-0.05, 0) is 150 Å². The Morgan fingerprint density at radius 2 is 0.462 bits per heavy atom. The first-order valence-corrected chi connectivity index (χ1v) is 36.1. The van der Waals surface area contributed by atoms with Crippen molar-refractivity contribution in [2.75, 3.05) is 35.5 Å². The fraction of sp³-hybridized carbons (Fsp3) is 0.258. The number of rotatable bonds is 7. The number of aryl methyl sites for hydroxylation is 8. The molecule has 12 aromatic rings. The Labute approximate surface area is 632 Å². The van der Waals surface area contributed by atoms with Crippen molar-refractivity contribution in [2.45, 2.75) is 138 Å². The lowest BCUT2D eigenvalue weighted by atomic mass is 10.1. The molecular formula is C97H128O7. The van der Waals surface area contributed by atoms with E-state index in [1.807, 2.05) is 306 Å². The van der Waals surface area contributed by atoms with E-state index in [0.29, 0.717) is 0 Å². The molecule has 0 fully saturated rings. The predicted molar refractivity (Wildman–Crippen MR) is 456 cm³/mol. The lowest BCUT2D eigenvalue weighted by Gasteiger charge is -2.08. The van der Waals surface area contributed by atoms with Crippen molar-refractivity contribution in [2.24, 2.45) is 0 Å². The van der Waals surface area contributed by atoms with Gasteiger partial charge in [-0.1, -0.05) is 365 Å². The number of methoxy groups -OCH3 is 5. The summed E-state index contributed by atoms with van der Waals surface area (Å²) >= 11 is 0. The van der Waals surface area contributed by atoms with Gasteiger partial charge in [-0.15, -0.1) is 0 Å². The molecule has 0 unspecified atom stereocenters. The highest BCUT2D eigenvalue weighted by atomic mass is 16.5. The van der Waals surface area contributed by atoms with Gasteiger partial charge in [-0.3, -0.25) is 9.59 Å². The molecule has 12 aromatic carbocycles. The van der Waals surface area contributed by atoms with Crippen LogP contribution in [0.1, 0.15) is 148 Å². The van der Waals surface area contributed by atoms with Crippen LogP contribution in [0, 0.1) is 55.4 Å². The predicted octanol–water partition coefficient (Wildman–Crippen LogP) is 27.8. The van der Waals surface area contributed by atoms with Gasteiger partial charge in [0, 0.05) is 11.1 Å². The number of para-hydroxylation sites is 2. The third-order valence-corrected chi connectivity index (χ3v) is 13.3. The van der Waals surface area contributed by atoms with E-state index < -0.39 is 0 Å². The molecule has 0 radical (unpaired) electrons. The molecular weight excluding hydrogens is 1280 g/mol. The average molecular weight is 1410 g/mol. The summed E-state index contributed by atoms with van der Waals surface area (Å²) in [6, 6.07) is 105. The van der Waals surface area contributed by atoms with Gasteiger partial charge >= 0.3 is 0 Å². The summed E-state index contributed by atoms with van der Waals surface area (Å²) in [5.41, 5.74) is 11.7. The van der Waals surface area contributed by atoms with Crippen LogP contribution in [0.2, 0.25) is 0 Å². The van der Waals surface area contributed by atoms with Crippen molar-refractivity contribution in [3.63, 3.8) is 0 Å². The molecule has 7 nitrogen and oxygen atoms in total. The molecule has 0 aromatic heterocycles. The smallest absolute Gasteiger partial charge is 0.159 e. The van der Waals surface area contributed by atoms with Gasteiger partial charge in [0.25, 0.3) is 0 Å². The second-order valence-corrected chi connectivity index (χ2v) is 21.0. The molecule has 0 saturated heterocycles. The maximum absolute atomic E-state index is 10.6. The lowest BCUT2D eigenvalue weighted by molar-refractivity contribution is 0.100. The average Bonchev–Trinajstić information content (AvgIpc) is 0.883. The molecule has 0 spiro atoms. The summed E-state index contributed by atoms with van der Waals surface area (Å²) in [4.78, 5) is 21.3. The molecule has 0 aliphatic heterocycles. The van der Waals surface area contributed by atoms with Crippen LogP contribution in [0.3, 0.4) is 0 Å². The number of ether oxygens (including phenoxy) is 5. The number of fused-ring (bicyclic) bond motifs is 1. The van der Waals surface area contributed by atoms with Gasteiger partial charge in [-0.25, -0.2) is 0 Å². The van der Waals surface area contributed by atoms with Crippen molar-refractivity contribution in [1.82, 2.24) is 0 Å². The summed E-state index contributed by atoms with van der Waals surface area (Å²) in [5, 5.41) is 2.62. The number of carbonyl (C=O) groups excluding carboxylic acids is 2. The van der Waals surface area contributed by atoms with Crippen molar-refractivity contribution < 1.29 is 33.3 Å². The van der Waals surface area contributed by atoms with E-state index in [9.17, 15) is 9.59 Å². The number of ketones is 2. The molecule has 0 amide bonds. The molecule has 0 aliphatic carbocycles. The topological polar surface area (TPSA) is 80.3 Å². The van der Waals surface area contributed by atoms with E-state index >= 15 is 0 Å². The van der Waals surface area contributed by atoms with Crippen LogP contribution in [0.15, 0.2) is 322 Å². The minimum Gasteiger partial charge on any atom is -0.497 e. The summed E-state index contributed by atoms with van der Waals surface area (Å²) in [6.45, 7) is 39.8. The van der Waals surface area contributed by atoms with Gasteiger partial charge in [-0.2, -0.15) is 0 Å². The normalized spacial score (nSPS) is 8.51. The summed E-state index contributed by atoms with van der Waals surface area (Å²) in [6.07, 6.45) is 0. The van der Waals surface area contributed by atoms with Crippen LogP contribution in [0.5, 0.6) is 28.7 Å². The SMILES string of the molecule is CC.CC.CC.CC.CC.CC(=O)c1ccccc1.CC(=O)c1ccccc1.COc1c(C)cc(C)cc1C.COc1cc(C)c(C)cc1C.COc1ccc(C)cc1.COc1ccccc1.COc1ccccc1.Cc1ccccc1.c1ccc2ccccc2c1.c1ccccc1.c1ccccc1. The van der Waals surface area contributed by atoms with Crippen LogP contribution in [-0.4, -0.2) is 47.1 Å². The zero-order chi connectivity index (χ0) is 79.0. The largest absolute Gasteiger partial charge is 0.497 e. The van der Waals surface area contributed by atoms with Crippen LogP contribution >= 0.6 is 0 Å². The Morgan fingerprint density at radius 1 is 0.221 bits per heavy atom. The van der Waals surface area contributed by atoms with Gasteiger partial charge in [0.2, 0.25) is 0 Å². The minimum absolute atomic E-state index is 0.121. The molecule has 0 atom stereocenters. The fourth-order valence-electron chi connectivity index (χ4n) is 8.21. The van der Waals surface area contributed by atoms with Gasteiger partial charge in [0.15, 0.2) is 11.6 Å². The van der Waals surface area contributed by atoms with Crippen molar-refractivity contribution >= 4 is 22.3 Å². The van der Waals surface area contributed by atoms with Crippen LogP contribution in [-0.2, 0) is 0 Å². The number of carbonyl (C=O) groups is 2. The highest BCUT2D eigenvalue weighted by Crippen LogP contribution is 2.24. The number of hydrogen-bond acceptors (Lipinski definition) is 7. The van der Waals surface area contributed by atoms with Crippen molar-refractivity contribution in [3.8, 4) is 28.7 Å². The zero-order valence-corrected chi connectivity index (χ0v) is 68.0. The second kappa shape index (κ2) is 70.7. The maximum atomic E-state index is 10.6. The van der Waals surface area contributed by atoms with E-state index in [2.05, 4.69) is 140 Å². The molecule has 0 bridgehead atoms. The molecule has 104 heavy (non-hydrogen) atoms. The third-order valence-electron chi connectivity index (χ3n) is 13.3. The van der Waals surface area contributed by atoms with E-state index in [4.69, 9.17) is 23.7 Å². The standard InChI is InChI=1S/2C10H14O.C10H8.C8H10O.2C8H8O.2C7H8O.C7H8.2C6H6.5C2H6/c1-7-5-9(3)10(11-4)6-8(7)2;1-7-5-8(2)10(11-4)9(3)6-7;1-2-6-10-8-4-3-7-9(10)5-1;1-7-3-5-8(9-2)6-4-7;2*1-7(9)8-5-3-2-4-6-8;2*1-8-7-5-3-2-4-6-7;1-7-5-3-2-4-6-7;2*1-2-4-6-5-3-1;5*1-2/h2*5-6H,1-4H3;1-8H;3-6H,1-2H3;2*2-6H,1H3;2*2-6H,1H3;2-6H,1H3;2*1-6H;5*1-2H3. The maximum Gasteiger partial charge on any atom is 0.159 e. The monoisotopic (exact) mass is 1400 g/mol. The highest BCUT2D eigenvalue weighted by molar-refractivity contribution is 5.94. The highest BCUT2D eigenvalue weighted by Gasteiger charge is 2.02. The summed E-state index contributed by atoms with van der Waals surface area (Å²) < 4.78 is 25.2. The van der Waals surface area contributed by atoms with Crippen molar-refractivity contribution in [1.29, 1.82) is 0 Å². The molecule has 12 rings (SSSR count). The number of Topliss-reactive ketones (excluding diaryl/α,β-unsaturated/α-hetero) is 2. The lowest BCUT2D eigenvalue weighted by Crippen LogP contribution is -1.91. The Hall–Kier alpha value is -10.8. The quantitative estimate of drug-likeness (QED) is 0.147. The van der Waals surface area contributed by atoms with Crippen LogP contribution in [0.25, 0.3) is 10.8 Å². The minimum atomic E-state index is 0.121. The second-order valence-electron chi connectivity index (χ2n) is 21.0. The fourth-order valence-corrected chi connectivity index (χ4v) is 8.21. The van der Waals surface area contributed by atoms with E-state index in [1.54, 1.807) is 49.4 Å². The van der Waals surface area contributed by atoms with Gasteiger partial charge < -0.3 is 23.7 Å². The first kappa shape index (κ1) is 99.6. The Bertz CT molecular complexity index is 3550. The van der Waals surface area contributed by atoms with Crippen molar-refractivity contribution in [3.05, 3.63) is 377 Å². The Balaban J connectivity index is -0.000000524. The summed E-state index contributed by atoms with van der Waals surface area (Å²) in [5.74, 6) is 4.97. The van der Waals surface area contributed by atoms with Gasteiger partial charge in [0.05, 0.1) is 35.5 Å². The number of benzene rings is 12. The zero-order valence-electron chi connectivity index (χ0n) is 68.0. The van der Waals surface area contributed by atoms with Crippen LogP contribution < -0.4 is 23.7 Å². The van der Waals surface area contributed by atoms with E-state index in [-0.39, 0.29) is 11.6 Å². The molecule has 0 saturated carbocycles. The Morgan fingerprint density at radius 3 is 0.692 bits per heavy atom. The number of hydrogen-bond donors (Lipinski definition) is 0. The van der Waals surface area contributed by atoms with Gasteiger partial charge in [0.1, 0.15) is 28.7 Å². The first-order chi connectivity index (χ1) is 50.5. The first-order valence-electron chi connectivity index (χ1n) is 36.1. The molecule has 7 heteroatoms. The molecule has 0 N–H and O–H groups in total. The Kier molecular flexibility index (Phi) is 67.7.